The van der Waals surface area contributed by atoms with E-state index in [0.29, 0.717) is 0 Å². The monoisotopic (exact) mass is 197 g/mol. The van der Waals surface area contributed by atoms with E-state index in [4.69, 9.17) is 4.74 Å². The molecule has 1 saturated heterocycles. The van der Waals surface area contributed by atoms with E-state index in [2.05, 4.69) is 4.90 Å². The Kier molecular flexibility index (Phi) is 3.06. The molecule has 80 valence electrons. The summed E-state index contributed by atoms with van der Waals surface area (Å²) in [6, 6.07) is 0.0376. The minimum Gasteiger partial charge on any atom is -0.461 e. The summed E-state index contributed by atoms with van der Waals surface area (Å²) in [5.41, 5.74) is 0. The molecule has 0 aromatic heterocycles. The number of hydrogen-bond donors (Lipinski definition) is 0. The minimum atomic E-state index is 0.0110. The SMILES string of the molecule is CN1CCC[C@H]1C(=O)OC1CCCC1. The van der Waals surface area contributed by atoms with Crippen LogP contribution in [0.25, 0.3) is 0 Å². The van der Waals surface area contributed by atoms with Crippen LogP contribution in [-0.4, -0.2) is 36.6 Å². The topological polar surface area (TPSA) is 29.5 Å². The second kappa shape index (κ2) is 4.30. The van der Waals surface area contributed by atoms with Crippen LogP contribution in [-0.2, 0) is 9.53 Å². The third-order valence-electron chi connectivity index (χ3n) is 3.38. The van der Waals surface area contributed by atoms with E-state index >= 15 is 0 Å². The van der Waals surface area contributed by atoms with Gasteiger partial charge in [0.15, 0.2) is 0 Å². The summed E-state index contributed by atoms with van der Waals surface area (Å²) in [5.74, 6) is 0.0110. The molecule has 3 nitrogen and oxygen atoms in total. The van der Waals surface area contributed by atoms with E-state index in [-0.39, 0.29) is 18.1 Å². The molecule has 0 bridgehead atoms. The Morgan fingerprint density at radius 2 is 1.93 bits per heavy atom. The van der Waals surface area contributed by atoms with Gasteiger partial charge in [0.05, 0.1) is 0 Å². The number of nitrogens with zero attached hydrogens (tertiary/aromatic N) is 1. The summed E-state index contributed by atoms with van der Waals surface area (Å²) in [6.07, 6.45) is 6.90. The summed E-state index contributed by atoms with van der Waals surface area (Å²) < 4.78 is 5.49. The number of rotatable bonds is 2. The molecule has 2 fully saturated rings. The van der Waals surface area contributed by atoms with Crippen molar-refractivity contribution in [1.29, 1.82) is 0 Å². The van der Waals surface area contributed by atoms with Crippen LogP contribution in [0.2, 0.25) is 0 Å². The van der Waals surface area contributed by atoms with Gasteiger partial charge in [-0.05, 0) is 52.1 Å². The second-order valence-electron chi connectivity index (χ2n) is 4.48. The number of likely N-dealkylation sites (tertiary alicyclic amines) is 1. The van der Waals surface area contributed by atoms with Crippen LogP contribution in [0.15, 0.2) is 0 Å². The van der Waals surface area contributed by atoms with E-state index in [0.717, 1.165) is 32.2 Å². The van der Waals surface area contributed by atoms with E-state index in [1.165, 1.54) is 12.8 Å². The fourth-order valence-electron chi connectivity index (χ4n) is 2.46. The van der Waals surface area contributed by atoms with Crippen LogP contribution in [0.4, 0.5) is 0 Å². The fourth-order valence-corrected chi connectivity index (χ4v) is 2.46. The molecule has 2 rings (SSSR count). The van der Waals surface area contributed by atoms with Gasteiger partial charge >= 0.3 is 5.97 Å². The Hall–Kier alpha value is -0.570. The molecule has 0 radical (unpaired) electrons. The first-order valence-corrected chi connectivity index (χ1v) is 5.68. The number of esters is 1. The summed E-state index contributed by atoms with van der Waals surface area (Å²) in [6.45, 7) is 1.03. The smallest absolute Gasteiger partial charge is 0.323 e. The molecule has 0 spiro atoms. The average Bonchev–Trinajstić information content (AvgIpc) is 2.75. The number of carbonyl (C=O) groups excluding carboxylic acids is 1. The highest BCUT2D eigenvalue weighted by molar-refractivity contribution is 5.76. The molecule has 1 atom stereocenters. The largest absolute Gasteiger partial charge is 0.461 e. The van der Waals surface area contributed by atoms with Crippen molar-refractivity contribution in [1.82, 2.24) is 4.90 Å². The predicted molar refractivity (Wildman–Crippen MR) is 54.0 cm³/mol. The van der Waals surface area contributed by atoms with E-state index < -0.39 is 0 Å². The number of ether oxygens (including phenoxy) is 1. The minimum absolute atomic E-state index is 0.0110. The van der Waals surface area contributed by atoms with Crippen molar-refractivity contribution in [2.24, 2.45) is 0 Å². The van der Waals surface area contributed by atoms with Crippen molar-refractivity contribution < 1.29 is 9.53 Å². The maximum atomic E-state index is 11.7. The average molecular weight is 197 g/mol. The number of likely N-dealkylation sites (N-methyl/N-ethyl adjacent to an activating group) is 1. The molecular formula is C11H19NO2. The first-order chi connectivity index (χ1) is 6.77. The molecule has 3 heteroatoms. The Labute approximate surface area is 85.4 Å². The highest BCUT2D eigenvalue weighted by atomic mass is 16.5. The molecule has 0 N–H and O–H groups in total. The Balaban J connectivity index is 1.82. The van der Waals surface area contributed by atoms with E-state index in [1.807, 2.05) is 7.05 Å². The van der Waals surface area contributed by atoms with Gasteiger partial charge in [-0.25, -0.2) is 0 Å². The number of hydrogen-bond acceptors (Lipinski definition) is 3. The summed E-state index contributed by atoms with van der Waals surface area (Å²) in [4.78, 5) is 13.9. The predicted octanol–water partition coefficient (Wildman–Crippen LogP) is 1.57. The molecule has 1 aliphatic carbocycles. The molecule has 0 unspecified atom stereocenters. The van der Waals surface area contributed by atoms with Gasteiger partial charge in [0.2, 0.25) is 0 Å². The van der Waals surface area contributed by atoms with Gasteiger partial charge in [0, 0.05) is 0 Å². The maximum Gasteiger partial charge on any atom is 0.323 e. The lowest BCUT2D eigenvalue weighted by Gasteiger charge is -2.20. The van der Waals surface area contributed by atoms with Gasteiger partial charge in [-0.1, -0.05) is 0 Å². The maximum absolute atomic E-state index is 11.7. The quantitative estimate of drug-likeness (QED) is 0.629. The fraction of sp³-hybridized carbons (Fsp3) is 0.909. The van der Waals surface area contributed by atoms with Crippen LogP contribution < -0.4 is 0 Å². The van der Waals surface area contributed by atoms with Crippen LogP contribution in [0.1, 0.15) is 38.5 Å². The van der Waals surface area contributed by atoms with Crippen molar-refractivity contribution in [3.63, 3.8) is 0 Å². The van der Waals surface area contributed by atoms with Gasteiger partial charge in [-0.3, -0.25) is 9.69 Å². The Morgan fingerprint density at radius 3 is 2.50 bits per heavy atom. The lowest BCUT2D eigenvalue weighted by molar-refractivity contribution is -0.153. The van der Waals surface area contributed by atoms with Crippen molar-refractivity contribution >= 4 is 5.97 Å². The number of carbonyl (C=O) groups is 1. The molecule has 0 aromatic rings. The molecule has 1 aliphatic heterocycles. The second-order valence-corrected chi connectivity index (χ2v) is 4.48. The third kappa shape index (κ3) is 2.08. The van der Waals surface area contributed by atoms with Crippen molar-refractivity contribution in [3.8, 4) is 0 Å². The lowest BCUT2D eigenvalue weighted by atomic mass is 10.2. The van der Waals surface area contributed by atoms with Crippen molar-refractivity contribution in [2.45, 2.75) is 50.7 Å². The molecule has 1 saturated carbocycles. The highest BCUT2D eigenvalue weighted by Gasteiger charge is 2.31. The van der Waals surface area contributed by atoms with Crippen molar-refractivity contribution in [2.75, 3.05) is 13.6 Å². The lowest BCUT2D eigenvalue weighted by Crippen LogP contribution is -2.35. The van der Waals surface area contributed by atoms with Gasteiger partial charge in [0.25, 0.3) is 0 Å². The summed E-state index contributed by atoms with van der Waals surface area (Å²) >= 11 is 0. The van der Waals surface area contributed by atoms with Crippen LogP contribution >= 0.6 is 0 Å². The van der Waals surface area contributed by atoms with Gasteiger partial charge < -0.3 is 4.74 Å². The van der Waals surface area contributed by atoms with Crippen LogP contribution in [0.3, 0.4) is 0 Å². The Morgan fingerprint density at radius 1 is 1.21 bits per heavy atom. The van der Waals surface area contributed by atoms with E-state index in [1.54, 1.807) is 0 Å². The van der Waals surface area contributed by atoms with Gasteiger partial charge in [0.1, 0.15) is 12.1 Å². The third-order valence-corrected chi connectivity index (χ3v) is 3.38. The van der Waals surface area contributed by atoms with Crippen molar-refractivity contribution in [3.05, 3.63) is 0 Å². The van der Waals surface area contributed by atoms with Gasteiger partial charge in [-0.15, -0.1) is 0 Å². The zero-order valence-corrected chi connectivity index (χ0v) is 8.87. The molecule has 2 aliphatic rings. The van der Waals surface area contributed by atoms with Crippen LogP contribution in [0.5, 0.6) is 0 Å². The highest BCUT2D eigenvalue weighted by Crippen LogP contribution is 2.23. The molecule has 0 aromatic carbocycles. The molecule has 1 heterocycles. The zero-order chi connectivity index (χ0) is 9.97. The standard InChI is InChI=1S/C11H19NO2/c1-12-8-4-7-10(12)11(13)14-9-5-2-3-6-9/h9-10H,2-8H2,1H3/t10-/m0/s1. The zero-order valence-electron chi connectivity index (χ0n) is 8.87. The Bertz CT molecular complexity index is 211. The van der Waals surface area contributed by atoms with Crippen LogP contribution in [0, 0.1) is 0 Å². The first-order valence-electron chi connectivity index (χ1n) is 5.68. The summed E-state index contributed by atoms with van der Waals surface area (Å²) in [5, 5.41) is 0. The molecule has 0 amide bonds. The van der Waals surface area contributed by atoms with Gasteiger partial charge in [-0.2, -0.15) is 0 Å². The van der Waals surface area contributed by atoms with E-state index in [9.17, 15) is 4.79 Å². The first kappa shape index (κ1) is 9.97. The normalized spacial score (nSPS) is 29.6. The molecular weight excluding hydrogens is 178 g/mol. The molecule has 14 heavy (non-hydrogen) atoms. The summed E-state index contributed by atoms with van der Waals surface area (Å²) in [7, 11) is 2.01.